The van der Waals surface area contributed by atoms with Crippen LogP contribution in [0.1, 0.15) is 18.5 Å². The van der Waals surface area contributed by atoms with Crippen LogP contribution in [0.15, 0.2) is 22.2 Å². The Bertz CT molecular complexity index is 788. The van der Waals surface area contributed by atoms with E-state index in [9.17, 15) is 14.4 Å². The van der Waals surface area contributed by atoms with Crippen LogP contribution < -0.4 is 5.73 Å². The highest BCUT2D eigenvalue weighted by Gasteiger charge is 2.27. The highest BCUT2D eigenvalue weighted by atomic mass is 32.1. The lowest BCUT2D eigenvalue weighted by Gasteiger charge is -2.31. The normalized spacial score (nSPS) is 17.1. The monoisotopic (exact) mass is 393 g/mol. The number of ether oxygens (including phenoxy) is 1. The van der Waals surface area contributed by atoms with E-state index in [2.05, 4.69) is 4.98 Å². The van der Waals surface area contributed by atoms with Crippen molar-refractivity contribution in [1.82, 2.24) is 9.88 Å². The van der Waals surface area contributed by atoms with Crippen molar-refractivity contribution >= 4 is 40.5 Å². The van der Waals surface area contributed by atoms with E-state index in [4.69, 9.17) is 10.5 Å². The summed E-state index contributed by atoms with van der Waals surface area (Å²) in [5.74, 6) is -1.52. The molecule has 0 saturated carbocycles. The molecular weight excluding hydrogens is 374 g/mol. The SMILES string of the molecule is NC(=O)[C@H]1CCCN(C(=O)COC(=O)Cc2csc(-c3ccsc3)n2)C1. The van der Waals surface area contributed by atoms with E-state index in [-0.39, 0.29) is 24.9 Å². The lowest BCUT2D eigenvalue weighted by molar-refractivity contribution is -0.152. The zero-order chi connectivity index (χ0) is 18.5. The van der Waals surface area contributed by atoms with E-state index in [1.165, 1.54) is 16.2 Å². The molecule has 9 heteroatoms. The van der Waals surface area contributed by atoms with Crippen molar-refractivity contribution in [3.8, 4) is 10.6 Å². The van der Waals surface area contributed by atoms with Gasteiger partial charge < -0.3 is 15.4 Å². The first-order valence-corrected chi connectivity index (χ1v) is 10.0. The van der Waals surface area contributed by atoms with Crippen LogP contribution in [0.25, 0.3) is 10.6 Å². The van der Waals surface area contributed by atoms with E-state index < -0.39 is 11.9 Å². The molecule has 7 nitrogen and oxygen atoms in total. The predicted molar refractivity (Wildman–Crippen MR) is 98.6 cm³/mol. The quantitative estimate of drug-likeness (QED) is 0.752. The molecule has 0 bridgehead atoms. The van der Waals surface area contributed by atoms with E-state index in [1.807, 2.05) is 22.2 Å². The molecule has 3 rings (SSSR count). The number of aromatic nitrogens is 1. The Morgan fingerprint density at radius 1 is 1.35 bits per heavy atom. The van der Waals surface area contributed by atoms with Gasteiger partial charge in [-0.05, 0) is 24.3 Å². The number of esters is 1. The zero-order valence-corrected chi connectivity index (χ0v) is 15.7. The third kappa shape index (κ3) is 4.67. The maximum Gasteiger partial charge on any atom is 0.312 e. The summed E-state index contributed by atoms with van der Waals surface area (Å²) in [6, 6.07) is 1.97. The number of piperidine rings is 1. The summed E-state index contributed by atoms with van der Waals surface area (Å²) in [6.45, 7) is 0.518. The third-order valence-corrected chi connectivity index (χ3v) is 5.80. The lowest BCUT2D eigenvalue weighted by atomic mass is 9.97. The minimum atomic E-state index is -0.496. The Morgan fingerprint density at radius 3 is 2.92 bits per heavy atom. The first kappa shape index (κ1) is 18.5. The average Bonchev–Trinajstić information content (AvgIpc) is 3.31. The summed E-state index contributed by atoms with van der Waals surface area (Å²) >= 11 is 3.06. The molecule has 1 fully saturated rings. The molecule has 0 aliphatic carbocycles. The maximum atomic E-state index is 12.2. The van der Waals surface area contributed by atoms with Crippen LogP contribution in [0, 0.1) is 5.92 Å². The lowest BCUT2D eigenvalue weighted by Crippen LogP contribution is -2.45. The van der Waals surface area contributed by atoms with Crippen LogP contribution in [0.5, 0.6) is 0 Å². The number of hydrogen-bond acceptors (Lipinski definition) is 7. The number of carbonyl (C=O) groups excluding carboxylic acids is 3. The van der Waals surface area contributed by atoms with E-state index in [1.54, 1.807) is 11.3 Å². The molecule has 138 valence electrons. The average molecular weight is 393 g/mol. The van der Waals surface area contributed by atoms with Gasteiger partial charge >= 0.3 is 5.97 Å². The molecule has 2 aromatic rings. The molecule has 2 amide bonds. The fourth-order valence-corrected chi connectivity index (χ4v) is 4.31. The van der Waals surface area contributed by atoms with E-state index >= 15 is 0 Å². The third-order valence-electron chi connectivity index (χ3n) is 4.18. The summed E-state index contributed by atoms with van der Waals surface area (Å²) in [4.78, 5) is 41.4. The highest BCUT2D eigenvalue weighted by Crippen LogP contribution is 2.25. The predicted octanol–water partition coefficient (Wildman–Crippen LogP) is 1.68. The van der Waals surface area contributed by atoms with Crippen molar-refractivity contribution in [2.45, 2.75) is 19.3 Å². The Balaban J connectivity index is 1.46. The number of nitrogens with two attached hydrogens (primary N) is 1. The Kier molecular flexibility index (Phi) is 6.00. The number of thiazole rings is 1. The molecule has 26 heavy (non-hydrogen) atoms. The molecular formula is C17H19N3O4S2. The van der Waals surface area contributed by atoms with Gasteiger partial charge in [0.2, 0.25) is 5.91 Å². The van der Waals surface area contributed by atoms with Crippen molar-refractivity contribution in [3.05, 3.63) is 27.9 Å². The first-order chi connectivity index (χ1) is 12.5. The van der Waals surface area contributed by atoms with Crippen LogP contribution in [-0.2, 0) is 25.5 Å². The Morgan fingerprint density at radius 2 is 2.19 bits per heavy atom. The van der Waals surface area contributed by atoms with Gasteiger partial charge in [0.25, 0.3) is 5.91 Å². The number of hydrogen-bond donors (Lipinski definition) is 1. The molecule has 1 saturated heterocycles. The molecule has 3 heterocycles. The summed E-state index contributed by atoms with van der Waals surface area (Å²) in [7, 11) is 0. The van der Waals surface area contributed by atoms with E-state index in [0.29, 0.717) is 25.2 Å². The van der Waals surface area contributed by atoms with Crippen LogP contribution in [0.4, 0.5) is 0 Å². The van der Waals surface area contributed by atoms with Crippen LogP contribution in [0.2, 0.25) is 0 Å². The Labute approximate surface area is 158 Å². The Hall–Kier alpha value is -2.26. The summed E-state index contributed by atoms with van der Waals surface area (Å²) < 4.78 is 5.08. The maximum absolute atomic E-state index is 12.2. The van der Waals surface area contributed by atoms with Crippen LogP contribution in [0.3, 0.4) is 0 Å². The van der Waals surface area contributed by atoms with Gasteiger partial charge in [0.05, 0.1) is 18.0 Å². The van der Waals surface area contributed by atoms with Gasteiger partial charge in [0, 0.05) is 29.4 Å². The van der Waals surface area contributed by atoms with Crippen LogP contribution in [-0.4, -0.2) is 47.4 Å². The highest BCUT2D eigenvalue weighted by molar-refractivity contribution is 7.14. The molecule has 0 radical (unpaired) electrons. The fraction of sp³-hybridized carbons (Fsp3) is 0.412. The summed E-state index contributed by atoms with van der Waals surface area (Å²) in [6.07, 6.45) is 1.44. The first-order valence-electron chi connectivity index (χ1n) is 8.22. The summed E-state index contributed by atoms with van der Waals surface area (Å²) in [5, 5.41) is 6.64. The second kappa shape index (κ2) is 8.41. The van der Waals surface area contributed by atoms with Gasteiger partial charge in [0.1, 0.15) is 5.01 Å². The number of carbonyl (C=O) groups is 3. The smallest absolute Gasteiger partial charge is 0.312 e. The molecule has 2 aromatic heterocycles. The minimum absolute atomic E-state index is 0.0256. The second-order valence-corrected chi connectivity index (χ2v) is 7.71. The number of primary amides is 1. The van der Waals surface area contributed by atoms with Gasteiger partial charge in [-0.15, -0.1) is 11.3 Å². The molecule has 1 atom stereocenters. The number of nitrogens with zero attached hydrogens (tertiary/aromatic N) is 2. The van der Waals surface area contributed by atoms with Crippen molar-refractivity contribution in [1.29, 1.82) is 0 Å². The number of amides is 2. The molecule has 0 unspecified atom stereocenters. The number of thiophene rings is 1. The van der Waals surface area contributed by atoms with Gasteiger partial charge in [-0.1, -0.05) is 0 Å². The largest absolute Gasteiger partial charge is 0.455 e. The summed E-state index contributed by atoms with van der Waals surface area (Å²) in [5.41, 5.74) is 6.96. The topological polar surface area (TPSA) is 103 Å². The van der Waals surface area contributed by atoms with Gasteiger partial charge in [-0.25, -0.2) is 4.98 Å². The van der Waals surface area contributed by atoms with Gasteiger partial charge in [0.15, 0.2) is 6.61 Å². The van der Waals surface area contributed by atoms with Crippen molar-refractivity contribution in [3.63, 3.8) is 0 Å². The number of likely N-dealkylation sites (tertiary alicyclic amines) is 1. The van der Waals surface area contributed by atoms with Crippen molar-refractivity contribution in [2.24, 2.45) is 11.7 Å². The molecule has 0 aromatic carbocycles. The second-order valence-electron chi connectivity index (χ2n) is 6.07. The number of rotatable bonds is 6. The molecule has 1 aliphatic rings. The molecule has 1 aliphatic heterocycles. The standard InChI is InChI=1S/C17H19N3O4S2/c18-16(23)11-2-1-4-20(7-11)14(21)8-24-15(22)6-13-10-26-17(19-13)12-3-5-25-9-12/h3,5,9-11H,1-2,4,6-8H2,(H2,18,23)/t11-/m0/s1. The van der Waals surface area contributed by atoms with E-state index in [0.717, 1.165) is 17.0 Å². The molecule has 0 spiro atoms. The van der Waals surface area contributed by atoms with Gasteiger partial charge in [-0.3, -0.25) is 14.4 Å². The van der Waals surface area contributed by atoms with Crippen molar-refractivity contribution < 1.29 is 19.1 Å². The zero-order valence-electron chi connectivity index (χ0n) is 14.1. The molecule has 2 N–H and O–H groups in total. The van der Waals surface area contributed by atoms with Crippen LogP contribution >= 0.6 is 22.7 Å². The minimum Gasteiger partial charge on any atom is -0.455 e. The van der Waals surface area contributed by atoms with Gasteiger partial charge in [-0.2, -0.15) is 11.3 Å². The van der Waals surface area contributed by atoms with Crippen molar-refractivity contribution in [2.75, 3.05) is 19.7 Å². The fourth-order valence-electron chi connectivity index (χ4n) is 2.78.